The smallest absolute Gasteiger partial charge is 0.339 e. The van der Waals surface area contributed by atoms with Crippen molar-refractivity contribution in [3.63, 3.8) is 0 Å². The Bertz CT molecular complexity index is 558. The molecule has 0 aromatic heterocycles. The Morgan fingerprint density at radius 2 is 2.05 bits per heavy atom. The van der Waals surface area contributed by atoms with E-state index in [1.54, 1.807) is 0 Å². The van der Waals surface area contributed by atoms with Crippen LogP contribution in [-0.4, -0.2) is 41.2 Å². The maximum absolute atomic E-state index is 11.7. The van der Waals surface area contributed by atoms with Crippen LogP contribution in [-0.2, 0) is 14.3 Å². The van der Waals surface area contributed by atoms with Gasteiger partial charge in [0.05, 0.1) is 7.11 Å². The van der Waals surface area contributed by atoms with Crippen LogP contribution in [0.5, 0.6) is 5.75 Å². The van der Waals surface area contributed by atoms with E-state index in [-0.39, 0.29) is 24.1 Å². The first-order chi connectivity index (χ1) is 9.85. The number of hydrogen-bond donors (Lipinski definition) is 4. The van der Waals surface area contributed by atoms with Gasteiger partial charge in [-0.15, -0.1) is 0 Å². The van der Waals surface area contributed by atoms with Crippen molar-refractivity contribution < 1.29 is 29.3 Å². The number of carbonyl (C=O) groups is 3. The minimum Gasteiger partial charge on any atom is -0.507 e. The predicted molar refractivity (Wildman–Crippen MR) is 72.9 cm³/mol. The van der Waals surface area contributed by atoms with E-state index >= 15 is 0 Å². The zero-order valence-electron chi connectivity index (χ0n) is 11.3. The van der Waals surface area contributed by atoms with E-state index < -0.39 is 29.6 Å². The molecule has 0 heterocycles. The van der Waals surface area contributed by atoms with Gasteiger partial charge in [0.1, 0.15) is 17.4 Å². The summed E-state index contributed by atoms with van der Waals surface area (Å²) in [5, 5.41) is 20.6. The third-order valence-corrected chi connectivity index (χ3v) is 2.70. The van der Waals surface area contributed by atoms with Crippen LogP contribution in [0.4, 0.5) is 5.69 Å². The van der Waals surface area contributed by atoms with Gasteiger partial charge in [-0.2, -0.15) is 0 Å². The highest BCUT2D eigenvalue weighted by atomic mass is 16.5. The summed E-state index contributed by atoms with van der Waals surface area (Å²) in [6, 6.07) is 2.77. The zero-order chi connectivity index (χ0) is 16.0. The van der Waals surface area contributed by atoms with E-state index in [4.69, 9.17) is 10.8 Å². The molecule has 21 heavy (non-hydrogen) atoms. The third-order valence-electron chi connectivity index (χ3n) is 2.70. The minimum atomic E-state index is -1.31. The van der Waals surface area contributed by atoms with Gasteiger partial charge in [0, 0.05) is 12.1 Å². The Morgan fingerprint density at radius 3 is 2.62 bits per heavy atom. The van der Waals surface area contributed by atoms with Gasteiger partial charge in [-0.25, -0.2) is 4.79 Å². The lowest BCUT2D eigenvalue weighted by Crippen LogP contribution is -2.32. The van der Waals surface area contributed by atoms with Crippen molar-refractivity contribution in [2.75, 3.05) is 12.4 Å². The normalized spacial score (nSPS) is 11.5. The number of aromatic carboxylic acids is 1. The quantitative estimate of drug-likeness (QED) is 0.437. The number of rotatable bonds is 6. The summed E-state index contributed by atoms with van der Waals surface area (Å²) in [7, 11) is 1.20. The predicted octanol–water partition coefficient (Wildman–Crippen LogP) is 0.309. The van der Waals surface area contributed by atoms with Crippen molar-refractivity contribution in [3.8, 4) is 5.75 Å². The first kappa shape index (κ1) is 16.4. The number of carboxylic acids is 1. The molecule has 0 aliphatic rings. The lowest BCUT2D eigenvalue weighted by atomic mass is 10.1. The third kappa shape index (κ3) is 4.77. The van der Waals surface area contributed by atoms with Crippen LogP contribution in [0.2, 0.25) is 0 Å². The monoisotopic (exact) mass is 296 g/mol. The topological polar surface area (TPSA) is 139 Å². The molecule has 1 aromatic carbocycles. The number of nitrogens with one attached hydrogen (secondary N) is 1. The average molecular weight is 296 g/mol. The molecule has 1 aromatic rings. The van der Waals surface area contributed by atoms with Crippen LogP contribution in [0.25, 0.3) is 0 Å². The largest absolute Gasteiger partial charge is 0.507 e. The Kier molecular flexibility index (Phi) is 5.67. The number of phenols is 1. The van der Waals surface area contributed by atoms with Crippen LogP contribution in [0.1, 0.15) is 23.2 Å². The van der Waals surface area contributed by atoms with Crippen molar-refractivity contribution >= 4 is 23.5 Å². The number of anilines is 1. The van der Waals surface area contributed by atoms with Gasteiger partial charge in [-0.05, 0) is 24.6 Å². The summed E-state index contributed by atoms with van der Waals surface area (Å²) >= 11 is 0. The van der Waals surface area contributed by atoms with E-state index in [2.05, 4.69) is 10.1 Å². The molecule has 0 saturated heterocycles. The molecule has 0 spiro atoms. The van der Waals surface area contributed by atoms with Crippen LogP contribution in [0, 0.1) is 0 Å². The number of amides is 1. The zero-order valence-corrected chi connectivity index (χ0v) is 11.3. The molecular formula is C13H16N2O6. The molecule has 1 amide bonds. The fourth-order valence-corrected chi connectivity index (χ4v) is 1.56. The molecule has 8 nitrogen and oxygen atoms in total. The number of benzene rings is 1. The molecule has 0 bridgehead atoms. The highest BCUT2D eigenvalue weighted by Gasteiger charge is 2.16. The SMILES string of the molecule is COC(=O)[C@@H](N)CCC(=O)Nc1ccc(O)c(C(=O)O)c1. The van der Waals surface area contributed by atoms with E-state index in [0.717, 1.165) is 6.07 Å². The summed E-state index contributed by atoms with van der Waals surface area (Å²) in [6.45, 7) is 0. The molecule has 5 N–H and O–H groups in total. The fraction of sp³-hybridized carbons (Fsp3) is 0.308. The summed E-state index contributed by atoms with van der Waals surface area (Å²) in [5.74, 6) is -2.75. The Hall–Kier alpha value is -2.61. The van der Waals surface area contributed by atoms with Crippen molar-refractivity contribution in [2.24, 2.45) is 5.73 Å². The second-order valence-electron chi connectivity index (χ2n) is 4.25. The molecule has 1 atom stereocenters. The maximum Gasteiger partial charge on any atom is 0.339 e. The van der Waals surface area contributed by atoms with Crippen LogP contribution in [0.15, 0.2) is 18.2 Å². The number of esters is 1. The second-order valence-corrected chi connectivity index (χ2v) is 4.25. The summed E-state index contributed by atoms with van der Waals surface area (Å²) in [4.78, 5) is 33.6. The van der Waals surface area contributed by atoms with E-state index in [1.807, 2.05) is 0 Å². The van der Waals surface area contributed by atoms with Gasteiger partial charge < -0.3 is 26.0 Å². The van der Waals surface area contributed by atoms with Gasteiger partial charge in [0.2, 0.25) is 5.91 Å². The maximum atomic E-state index is 11.7. The number of aromatic hydroxyl groups is 1. The van der Waals surface area contributed by atoms with Gasteiger partial charge in [-0.3, -0.25) is 9.59 Å². The Balaban J connectivity index is 2.61. The molecule has 114 valence electrons. The summed E-state index contributed by atoms with van der Waals surface area (Å²) < 4.78 is 4.43. The molecule has 8 heteroatoms. The number of carbonyl (C=O) groups excluding carboxylic acids is 2. The molecule has 0 saturated carbocycles. The van der Waals surface area contributed by atoms with Gasteiger partial charge in [0.15, 0.2) is 0 Å². The molecule has 0 aliphatic carbocycles. The van der Waals surface area contributed by atoms with Crippen LogP contribution in [0.3, 0.4) is 0 Å². The van der Waals surface area contributed by atoms with E-state index in [0.29, 0.717) is 0 Å². The number of carboxylic acid groups (broad SMARTS) is 1. The van der Waals surface area contributed by atoms with E-state index in [1.165, 1.54) is 19.2 Å². The molecule has 0 fully saturated rings. The number of hydrogen-bond acceptors (Lipinski definition) is 6. The standard InChI is InChI=1S/C13H16N2O6/c1-21-13(20)9(14)3-5-11(17)15-7-2-4-10(16)8(6-7)12(18)19/h2,4,6,9,16H,3,5,14H2,1H3,(H,15,17)(H,18,19)/t9-/m0/s1. The first-order valence-corrected chi connectivity index (χ1v) is 6.04. The van der Waals surface area contributed by atoms with Gasteiger partial charge >= 0.3 is 11.9 Å². The number of ether oxygens (including phenoxy) is 1. The van der Waals surface area contributed by atoms with Crippen molar-refractivity contribution in [3.05, 3.63) is 23.8 Å². The van der Waals surface area contributed by atoms with Gasteiger partial charge in [-0.1, -0.05) is 0 Å². The van der Waals surface area contributed by atoms with Crippen molar-refractivity contribution in [2.45, 2.75) is 18.9 Å². The number of nitrogens with two attached hydrogens (primary N) is 1. The lowest BCUT2D eigenvalue weighted by molar-refractivity contribution is -0.142. The van der Waals surface area contributed by atoms with Crippen LogP contribution < -0.4 is 11.1 Å². The molecular weight excluding hydrogens is 280 g/mol. The minimum absolute atomic E-state index is 0.0282. The average Bonchev–Trinajstić information content (AvgIpc) is 2.45. The van der Waals surface area contributed by atoms with Crippen LogP contribution >= 0.6 is 0 Å². The highest BCUT2D eigenvalue weighted by molar-refractivity contribution is 5.95. The molecule has 0 radical (unpaired) electrons. The van der Waals surface area contributed by atoms with Crippen molar-refractivity contribution in [1.29, 1.82) is 0 Å². The molecule has 0 unspecified atom stereocenters. The van der Waals surface area contributed by atoms with E-state index in [9.17, 15) is 19.5 Å². The van der Waals surface area contributed by atoms with Crippen molar-refractivity contribution in [1.82, 2.24) is 0 Å². The van der Waals surface area contributed by atoms with Gasteiger partial charge in [0.25, 0.3) is 0 Å². The highest BCUT2D eigenvalue weighted by Crippen LogP contribution is 2.21. The number of methoxy groups -OCH3 is 1. The molecule has 0 aliphatic heterocycles. The Morgan fingerprint density at radius 1 is 1.38 bits per heavy atom. The summed E-state index contributed by atoms with van der Waals surface area (Å²) in [5.41, 5.74) is 5.39. The second kappa shape index (κ2) is 7.25. The first-order valence-electron chi connectivity index (χ1n) is 6.04. The lowest BCUT2D eigenvalue weighted by Gasteiger charge is -2.10. The fourth-order valence-electron chi connectivity index (χ4n) is 1.56. The Labute approximate surface area is 120 Å². The molecule has 1 rings (SSSR count). The summed E-state index contributed by atoms with van der Waals surface area (Å²) in [6.07, 6.45) is 0.0714.